The Morgan fingerprint density at radius 3 is 2.85 bits per heavy atom. The maximum absolute atomic E-state index is 14.0. The first-order chi connectivity index (χ1) is 9.70. The third kappa shape index (κ3) is 4.32. The predicted molar refractivity (Wildman–Crippen MR) is 83.7 cm³/mol. The summed E-state index contributed by atoms with van der Waals surface area (Å²) < 4.78 is 14.0. The van der Waals surface area contributed by atoms with E-state index in [1.165, 1.54) is 31.3 Å². The highest BCUT2D eigenvalue weighted by molar-refractivity contribution is 6.30. The molecule has 3 heteroatoms. The van der Waals surface area contributed by atoms with Crippen LogP contribution < -0.4 is 5.32 Å². The maximum Gasteiger partial charge on any atom is 0.145 e. The molecule has 1 aromatic rings. The minimum atomic E-state index is -0.269. The number of allylic oxidation sites excluding steroid dienone is 1. The van der Waals surface area contributed by atoms with Gasteiger partial charge in [-0.25, -0.2) is 4.39 Å². The van der Waals surface area contributed by atoms with Crippen LogP contribution in [-0.2, 0) is 6.42 Å². The van der Waals surface area contributed by atoms with E-state index < -0.39 is 0 Å². The second-order valence-corrected chi connectivity index (χ2v) is 5.89. The summed E-state index contributed by atoms with van der Waals surface area (Å²) in [6.45, 7) is 3.00. The van der Waals surface area contributed by atoms with E-state index in [2.05, 4.69) is 18.3 Å². The van der Waals surface area contributed by atoms with E-state index in [1.807, 2.05) is 12.1 Å². The zero-order valence-corrected chi connectivity index (χ0v) is 12.8. The summed E-state index contributed by atoms with van der Waals surface area (Å²) >= 11 is 5.86. The van der Waals surface area contributed by atoms with Crippen LogP contribution in [0.5, 0.6) is 0 Å². The Labute approximate surface area is 126 Å². The van der Waals surface area contributed by atoms with Crippen molar-refractivity contribution in [1.82, 2.24) is 5.32 Å². The van der Waals surface area contributed by atoms with Gasteiger partial charge in [-0.05, 0) is 56.7 Å². The van der Waals surface area contributed by atoms with Crippen LogP contribution in [0.3, 0.4) is 0 Å². The molecular formula is C17H23ClFN. The van der Waals surface area contributed by atoms with Crippen molar-refractivity contribution < 1.29 is 4.39 Å². The number of hydrogen-bond acceptors (Lipinski definition) is 1. The molecule has 0 aliphatic heterocycles. The topological polar surface area (TPSA) is 12.0 Å². The largest absolute Gasteiger partial charge is 0.314 e. The van der Waals surface area contributed by atoms with Crippen molar-refractivity contribution in [3.05, 3.63) is 46.3 Å². The zero-order chi connectivity index (χ0) is 14.4. The average molecular weight is 296 g/mol. The highest BCUT2D eigenvalue weighted by Gasteiger charge is 2.15. The summed E-state index contributed by atoms with van der Waals surface area (Å²) in [4.78, 5) is 0. The molecule has 0 spiro atoms. The highest BCUT2D eigenvalue weighted by Crippen LogP contribution is 2.24. The first kappa shape index (κ1) is 15.5. The summed E-state index contributed by atoms with van der Waals surface area (Å²) in [5.41, 5.74) is 2.23. The van der Waals surface area contributed by atoms with Crippen LogP contribution in [0.4, 0.5) is 4.39 Å². The summed E-state index contributed by atoms with van der Waals surface area (Å²) in [5, 5.41) is 3.69. The van der Waals surface area contributed by atoms with Crippen molar-refractivity contribution in [2.45, 2.75) is 51.5 Å². The van der Waals surface area contributed by atoms with E-state index >= 15 is 0 Å². The number of hydrogen-bond donors (Lipinski definition) is 1. The molecule has 1 aliphatic rings. The Hall–Kier alpha value is -0.860. The fourth-order valence-corrected chi connectivity index (χ4v) is 3.08. The van der Waals surface area contributed by atoms with Crippen LogP contribution >= 0.6 is 11.6 Å². The fraction of sp³-hybridized carbons (Fsp3) is 0.529. The van der Waals surface area contributed by atoms with Crippen LogP contribution in [0, 0.1) is 5.82 Å². The van der Waals surface area contributed by atoms with E-state index in [1.54, 1.807) is 6.07 Å². The smallest absolute Gasteiger partial charge is 0.145 e. The van der Waals surface area contributed by atoms with Crippen LogP contribution in [0.2, 0.25) is 5.02 Å². The first-order valence-corrected chi connectivity index (χ1v) is 7.92. The van der Waals surface area contributed by atoms with E-state index in [0.717, 1.165) is 13.0 Å². The van der Waals surface area contributed by atoms with Crippen molar-refractivity contribution in [1.29, 1.82) is 0 Å². The van der Waals surface area contributed by atoms with Crippen molar-refractivity contribution in [3.63, 3.8) is 0 Å². The number of nitrogens with one attached hydrogen (secondary N) is 1. The maximum atomic E-state index is 14.0. The average Bonchev–Trinajstić information content (AvgIpc) is 2.45. The van der Waals surface area contributed by atoms with Gasteiger partial charge >= 0.3 is 0 Å². The number of rotatable bonds is 6. The molecule has 0 saturated carbocycles. The van der Waals surface area contributed by atoms with Crippen LogP contribution in [0.1, 0.15) is 44.6 Å². The van der Waals surface area contributed by atoms with Crippen molar-refractivity contribution in [2.75, 3.05) is 6.54 Å². The van der Waals surface area contributed by atoms with Gasteiger partial charge in [0.15, 0.2) is 0 Å². The zero-order valence-electron chi connectivity index (χ0n) is 12.1. The molecule has 1 unspecified atom stereocenters. The lowest BCUT2D eigenvalue weighted by Crippen LogP contribution is -2.32. The molecule has 0 saturated heterocycles. The standard InChI is InChI=1S/C17H23ClFN/c1-2-20-15(11-13-7-4-3-5-8-13)12-14-9-6-10-16(18)17(14)19/h6-7,9-10,15,20H,2-5,8,11-12H2,1H3. The molecule has 0 heterocycles. The summed E-state index contributed by atoms with van der Waals surface area (Å²) in [6, 6.07) is 5.55. The van der Waals surface area contributed by atoms with Crippen molar-refractivity contribution >= 4 is 11.6 Å². The van der Waals surface area contributed by atoms with Crippen LogP contribution in [-0.4, -0.2) is 12.6 Å². The molecule has 0 amide bonds. The molecule has 1 N–H and O–H groups in total. The van der Waals surface area contributed by atoms with Gasteiger partial charge in [0.25, 0.3) is 0 Å². The van der Waals surface area contributed by atoms with Gasteiger partial charge in [0.2, 0.25) is 0 Å². The molecule has 0 radical (unpaired) electrons. The summed E-state index contributed by atoms with van der Waals surface area (Å²) in [7, 11) is 0. The Morgan fingerprint density at radius 2 is 2.15 bits per heavy atom. The molecule has 0 fully saturated rings. The van der Waals surface area contributed by atoms with Gasteiger partial charge in [-0.1, -0.05) is 42.3 Å². The Kier molecular flexibility index (Phi) is 6.06. The van der Waals surface area contributed by atoms with E-state index in [0.29, 0.717) is 12.0 Å². The number of halogens is 2. The molecule has 1 nitrogen and oxygen atoms in total. The monoisotopic (exact) mass is 295 g/mol. The lowest BCUT2D eigenvalue weighted by Gasteiger charge is -2.22. The van der Waals surface area contributed by atoms with E-state index in [9.17, 15) is 4.39 Å². The normalized spacial score (nSPS) is 16.9. The summed E-state index contributed by atoms with van der Waals surface area (Å²) in [6.07, 6.45) is 9.05. The molecule has 1 atom stereocenters. The van der Waals surface area contributed by atoms with Gasteiger partial charge in [-0.2, -0.15) is 0 Å². The minimum absolute atomic E-state index is 0.217. The molecule has 0 bridgehead atoms. The molecular weight excluding hydrogens is 273 g/mol. The van der Waals surface area contributed by atoms with Crippen LogP contribution in [0.25, 0.3) is 0 Å². The van der Waals surface area contributed by atoms with Crippen molar-refractivity contribution in [3.8, 4) is 0 Å². The van der Waals surface area contributed by atoms with Gasteiger partial charge in [0.1, 0.15) is 5.82 Å². The molecule has 2 rings (SSSR count). The number of benzene rings is 1. The fourth-order valence-electron chi connectivity index (χ4n) is 2.88. The summed E-state index contributed by atoms with van der Waals surface area (Å²) in [5.74, 6) is -0.269. The highest BCUT2D eigenvalue weighted by atomic mass is 35.5. The quantitative estimate of drug-likeness (QED) is 0.737. The van der Waals surface area contributed by atoms with Crippen molar-refractivity contribution in [2.24, 2.45) is 0 Å². The van der Waals surface area contributed by atoms with Gasteiger partial charge in [-0.3, -0.25) is 0 Å². The SMILES string of the molecule is CCNC(CC1=CCCCC1)Cc1cccc(Cl)c1F. The molecule has 1 aliphatic carbocycles. The van der Waals surface area contributed by atoms with Crippen LogP contribution in [0.15, 0.2) is 29.8 Å². The minimum Gasteiger partial charge on any atom is -0.314 e. The Morgan fingerprint density at radius 1 is 1.30 bits per heavy atom. The molecule has 0 aromatic heterocycles. The molecule has 110 valence electrons. The lowest BCUT2D eigenvalue weighted by molar-refractivity contribution is 0.492. The lowest BCUT2D eigenvalue weighted by atomic mass is 9.91. The third-order valence-electron chi connectivity index (χ3n) is 3.88. The second-order valence-electron chi connectivity index (χ2n) is 5.48. The second kappa shape index (κ2) is 7.80. The third-order valence-corrected chi connectivity index (χ3v) is 4.18. The van der Waals surface area contributed by atoms with E-state index in [-0.39, 0.29) is 16.9 Å². The van der Waals surface area contributed by atoms with Gasteiger partial charge in [-0.15, -0.1) is 0 Å². The number of likely N-dealkylation sites (N-methyl/N-ethyl adjacent to an activating group) is 1. The van der Waals surface area contributed by atoms with Gasteiger partial charge in [0, 0.05) is 6.04 Å². The predicted octanol–water partition coefficient (Wildman–Crippen LogP) is 4.89. The van der Waals surface area contributed by atoms with E-state index in [4.69, 9.17) is 11.6 Å². The molecule has 1 aromatic carbocycles. The molecule has 20 heavy (non-hydrogen) atoms. The Balaban J connectivity index is 2.04. The first-order valence-electron chi connectivity index (χ1n) is 7.55. The van der Waals surface area contributed by atoms with Gasteiger partial charge in [0.05, 0.1) is 5.02 Å². The Bertz CT molecular complexity index is 470. The van der Waals surface area contributed by atoms with Gasteiger partial charge < -0.3 is 5.32 Å².